The molecule has 2 rings (SSSR count). The summed E-state index contributed by atoms with van der Waals surface area (Å²) in [6.07, 6.45) is 0. The van der Waals surface area contributed by atoms with Crippen molar-refractivity contribution in [2.24, 2.45) is 0 Å². The van der Waals surface area contributed by atoms with Gasteiger partial charge in [-0.25, -0.2) is 0 Å². The van der Waals surface area contributed by atoms with Crippen molar-refractivity contribution in [1.29, 1.82) is 5.26 Å². The summed E-state index contributed by atoms with van der Waals surface area (Å²) >= 11 is 6.07. The molecular weight excluding hydrogens is 284 g/mol. The van der Waals surface area contributed by atoms with E-state index < -0.39 is 0 Å². The van der Waals surface area contributed by atoms with Crippen LogP contribution in [-0.4, -0.2) is 9.78 Å². The second-order valence-corrected chi connectivity index (χ2v) is 5.48. The predicted octanol–water partition coefficient (Wildman–Crippen LogP) is 4.22. The molecule has 0 bridgehead atoms. The molecule has 0 aliphatic rings. The first-order valence-electron chi connectivity index (χ1n) is 6.98. The molecule has 2 aromatic rings. The Labute approximate surface area is 130 Å². The molecule has 4 nitrogen and oxygen atoms in total. The van der Waals surface area contributed by atoms with Gasteiger partial charge in [-0.05, 0) is 45.9 Å². The van der Waals surface area contributed by atoms with Gasteiger partial charge < -0.3 is 5.32 Å². The molecular formula is C16H19ClN4. The van der Waals surface area contributed by atoms with Crippen molar-refractivity contribution in [2.45, 2.75) is 40.3 Å². The first-order chi connectivity index (χ1) is 9.97. The molecule has 0 fully saturated rings. The van der Waals surface area contributed by atoms with Gasteiger partial charge in [-0.1, -0.05) is 11.6 Å². The van der Waals surface area contributed by atoms with Gasteiger partial charge >= 0.3 is 0 Å². The molecule has 0 aliphatic carbocycles. The molecule has 0 aliphatic heterocycles. The fraction of sp³-hybridized carbons (Fsp3) is 0.375. The lowest BCUT2D eigenvalue weighted by atomic mass is 10.1. The van der Waals surface area contributed by atoms with E-state index in [9.17, 15) is 0 Å². The Morgan fingerprint density at radius 2 is 2.14 bits per heavy atom. The number of aryl methyl sites for hydroxylation is 2. The number of nitrogens with zero attached hydrogens (tertiary/aromatic N) is 3. The Kier molecular flexibility index (Phi) is 4.54. The van der Waals surface area contributed by atoms with Crippen LogP contribution in [0.1, 0.15) is 42.4 Å². The van der Waals surface area contributed by atoms with Crippen molar-refractivity contribution in [3.63, 3.8) is 0 Å². The topological polar surface area (TPSA) is 53.6 Å². The molecule has 5 heteroatoms. The monoisotopic (exact) mass is 302 g/mol. The molecule has 0 saturated carbocycles. The molecule has 1 N–H and O–H groups in total. The van der Waals surface area contributed by atoms with Gasteiger partial charge in [0.2, 0.25) is 0 Å². The highest BCUT2D eigenvalue weighted by atomic mass is 35.5. The highest BCUT2D eigenvalue weighted by Gasteiger charge is 2.17. The smallest absolute Gasteiger partial charge is 0.101 e. The third kappa shape index (κ3) is 3.03. The van der Waals surface area contributed by atoms with Crippen LogP contribution in [0.5, 0.6) is 0 Å². The van der Waals surface area contributed by atoms with Crippen molar-refractivity contribution in [3.8, 4) is 6.07 Å². The van der Waals surface area contributed by atoms with Gasteiger partial charge in [0.05, 0.1) is 22.3 Å². The molecule has 1 heterocycles. The van der Waals surface area contributed by atoms with Crippen LogP contribution in [0.2, 0.25) is 5.02 Å². The van der Waals surface area contributed by atoms with Crippen molar-refractivity contribution in [3.05, 3.63) is 45.7 Å². The third-order valence-electron chi connectivity index (χ3n) is 3.64. The van der Waals surface area contributed by atoms with Crippen molar-refractivity contribution in [2.75, 3.05) is 5.32 Å². The number of hydrogen-bond acceptors (Lipinski definition) is 3. The number of nitrogens with one attached hydrogen (secondary N) is 1. The zero-order chi connectivity index (χ0) is 15.6. The Hall–Kier alpha value is -1.99. The van der Waals surface area contributed by atoms with Crippen LogP contribution < -0.4 is 5.32 Å². The van der Waals surface area contributed by atoms with Crippen LogP contribution in [-0.2, 0) is 6.54 Å². The van der Waals surface area contributed by atoms with Gasteiger partial charge in [0.1, 0.15) is 6.07 Å². The molecule has 0 radical (unpaired) electrons. The third-order valence-corrected chi connectivity index (χ3v) is 3.96. The van der Waals surface area contributed by atoms with Gasteiger partial charge in [0, 0.05) is 23.5 Å². The van der Waals surface area contributed by atoms with Crippen molar-refractivity contribution in [1.82, 2.24) is 9.78 Å². The van der Waals surface area contributed by atoms with E-state index in [4.69, 9.17) is 16.9 Å². The summed E-state index contributed by atoms with van der Waals surface area (Å²) in [6.45, 7) is 9.16. The SMILES string of the molecule is CCn1nc(C)c(C(C)Nc2ccc(C#N)c(Cl)c2)c1C. The average molecular weight is 303 g/mol. The highest BCUT2D eigenvalue weighted by Crippen LogP contribution is 2.27. The van der Waals surface area contributed by atoms with E-state index in [1.54, 1.807) is 12.1 Å². The van der Waals surface area contributed by atoms with Gasteiger partial charge in [-0.2, -0.15) is 10.4 Å². The standard InChI is InChI=1S/C16H19ClN4/c1-5-21-12(4)16(11(3)20-21)10(2)19-14-7-6-13(9-18)15(17)8-14/h6-8,10,19H,5H2,1-4H3. The summed E-state index contributed by atoms with van der Waals surface area (Å²) in [7, 11) is 0. The number of nitriles is 1. The van der Waals surface area contributed by atoms with E-state index in [1.165, 1.54) is 11.3 Å². The Bertz CT molecular complexity index is 697. The number of benzene rings is 1. The Morgan fingerprint density at radius 3 is 2.67 bits per heavy atom. The van der Waals surface area contributed by atoms with E-state index in [0.717, 1.165) is 17.9 Å². The van der Waals surface area contributed by atoms with Gasteiger partial charge in [0.15, 0.2) is 0 Å². The number of hydrogen-bond donors (Lipinski definition) is 1. The predicted molar refractivity (Wildman–Crippen MR) is 85.6 cm³/mol. The highest BCUT2D eigenvalue weighted by molar-refractivity contribution is 6.32. The summed E-state index contributed by atoms with van der Waals surface area (Å²) in [5.74, 6) is 0. The molecule has 1 aromatic heterocycles. The minimum Gasteiger partial charge on any atom is -0.378 e. The number of aromatic nitrogens is 2. The largest absolute Gasteiger partial charge is 0.378 e. The first-order valence-corrected chi connectivity index (χ1v) is 7.35. The maximum atomic E-state index is 8.91. The lowest BCUT2D eigenvalue weighted by Gasteiger charge is -2.16. The van der Waals surface area contributed by atoms with Crippen LogP contribution >= 0.6 is 11.6 Å². The Morgan fingerprint density at radius 1 is 1.43 bits per heavy atom. The van der Waals surface area contributed by atoms with Crippen LogP contribution in [0.3, 0.4) is 0 Å². The minimum atomic E-state index is 0.120. The fourth-order valence-corrected chi connectivity index (χ4v) is 2.89. The summed E-state index contributed by atoms with van der Waals surface area (Å²) in [5.41, 5.74) is 4.80. The zero-order valence-electron chi connectivity index (χ0n) is 12.7. The van der Waals surface area contributed by atoms with Gasteiger partial charge in [-0.3, -0.25) is 4.68 Å². The minimum absolute atomic E-state index is 0.120. The van der Waals surface area contributed by atoms with E-state index in [1.807, 2.05) is 17.7 Å². The second kappa shape index (κ2) is 6.19. The lowest BCUT2D eigenvalue weighted by molar-refractivity contribution is 0.632. The van der Waals surface area contributed by atoms with Crippen LogP contribution in [0.25, 0.3) is 0 Å². The van der Waals surface area contributed by atoms with E-state index in [2.05, 4.69) is 37.3 Å². The Balaban J connectivity index is 2.26. The van der Waals surface area contributed by atoms with E-state index in [0.29, 0.717) is 10.6 Å². The maximum absolute atomic E-state index is 8.91. The molecule has 1 aromatic carbocycles. The van der Waals surface area contributed by atoms with Gasteiger partial charge in [-0.15, -0.1) is 0 Å². The van der Waals surface area contributed by atoms with Crippen molar-refractivity contribution >= 4 is 17.3 Å². The number of rotatable bonds is 4. The van der Waals surface area contributed by atoms with E-state index >= 15 is 0 Å². The first kappa shape index (κ1) is 15.4. The normalized spacial score (nSPS) is 12.0. The fourth-order valence-electron chi connectivity index (χ4n) is 2.66. The summed E-state index contributed by atoms with van der Waals surface area (Å²) in [5, 5.41) is 17.3. The lowest BCUT2D eigenvalue weighted by Crippen LogP contribution is -2.09. The summed E-state index contributed by atoms with van der Waals surface area (Å²) in [6, 6.07) is 7.57. The average Bonchev–Trinajstić information content (AvgIpc) is 2.73. The molecule has 0 spiro atoms. The molecule has 0 amide bonds. The van der Waals surface area contributed by atoms with Crippen molar-refractivity contribution < 1.29 is 0 Å². The number of anilines is 1. The molecule has 21 heavy (non-hydrogen) atoms. The van der Waals surface area contributed by atoms with Crippen LogP contribution in [0.15, 0.2) is 18.2 Å². The summed E-state index contributed by atoms with van der Waals surface area (Å²) in [4.78, 5) is 0. The molecule has 0 saturated heterocycles. The number of halogens is 1. The quantitative estimate of drug-likeness (QED) is 0.920. The molecule has 110 valence electrons. The summed E-state index contributed by atoms with van der Waals surface area (Å²) < 4.78 is 2.01. The van der Waals surface area contributed by atoms with Crippen LogP contribution in [0, 0.1) is 25.2 Å². The van der Waals surface area contributed by atoms with E-state index in [-0.39, 0.29) is 6.04 Å². The van der Waals surface area contributed by atoms with Crippen LogP contribution in [0.4, 0.5) is 5.69 Å². The zero-order valence-corrected chi connectivity index (χ0v) is 13.5. The van der Waals surface area contributed by atoms with Gasteiger partial charge in [0.25, 0.3) is 0 Å². The second-order valence-electron chi connectivity index (χ2n) is 5.07. The maximum Gasteiger partial charge on any atom is 0.101 e. The molecule has 1 unspecified atom stereocenters. The molecule has 1 atom stereocenters.